The number of pyridine rings is 1. The van der Waals surface area contributed by atoms with E-state index in [1.807, 2.05) is 0 Å². The van der Waals surface area contributed by atoms with Crippen LogP contribution in [-0.4, -0.2) is 11.3 Å². The molecule has 0 aliphatic rings. The topological polar surface area (TPSA) is 56.0 Å². The summed E-state index contributed by atoms with van der Waals surface area (Å²) in [6.07, 6.45) is -2.69. The summed E-state index contributed by atoms with van der Waals surface area (Å²) in [7, 11) is 0. The normalized spacial score (nSPS) is 10.6. The highest BCUT2D eigenvalue weighted by molar-refractivity contribution is 5.75. The molecule has 1 aromatic rings. The molecule has 0 unspecified atom stereocenters. The van der Waals surface area contributed by atoms with Gasteiger partial charge in [-0.15, -0.1) is 0 Å². The minimum atomic E-state index is -2.82. The highest BCUT2D eigenvalue weighted by Gasteiger charge is 2.17. The average Bonchev–Trinajstić information content (AvgIpc) is 2.16. The number of rotatable bonds is 3. The fraction of sp³-hybridized carbons (Fsp3) is 0.250. The van der Waals surface area contributed by atoms with Crippen molar-refractivity contribution in [3.63, 3.8) is 0 Å². The molecule has 1 heterocycles. The minimum absolute atomic E-state index is 0.133. The van der Waals surface area contributed by atoms with E-state index < -0.39 is 23.5 Å². The molecule has 3 nitrogen and oxygen atoms in total. The van der Waals surface area contributed by atoms with E-state index in [-0.39, 0.29) is 18.5 Å². The van der Waals surface area contributed by atoms with Crippen LogP contribution in [-0.2, 0) is 6.54 Å². The Bertz CT molecular complexity index is 355. The second kappa shape index (κ2) is 4.19. The molecule has 0 amide bonds. The molecule has 1 rings (SSSR count). The van der Waals surface area contributed by atoms with E-state index in [1.54, 1.807) is 0 Å². The minimum Gasteiger partial charge on any atom is -0.325 e. The lowest BCUT2D eigenvalue weighted by Gasteiger charge is -2.06. The van der Waals surface area contributed by atoms with Crippen molar-refractivity contribution in [2.75, 3.05) is 0 Å². The van der Waals surface area contributed by atoms with Crippen LogP contribution < -0.4 is 5.73 Å². The average molecular weight is 204 g/mol. The molecular formula is C8H7F3N2O. The van der Waals surface area contributed by atoms with E-state index in [1.165, 1.54) is 0 Å². The molecule has 0 aromatic carbocycles. The van der Waals surface area contributed by atoms with Gasteiger partial charge >= 0.3 is 0 Å². The van der Waals surface area contributed by atoms with Gasteiger partial charge in [-0.1, -0.05) is 0 Å². The summed E-state index contributed by atoms with van der Waals surface area (Å²) in [5.41, 5.74) is 3.87. The van der Waals surface area contributed by atoms with Gasteiger partial charge in [-0.2, -0.15) is 4.39 Å². The predicted octanol–water partition coefficient (Wildman–Crippen LogP) is 1.43. The first-order chi connectivity index (χ1) is 6.60. The third-order valence-electron chi connectivity index (χ3n) is 1.67. The first-order valence-electron chi connectivity index (χ1n) is 3.72. The number of aldehydes is 1. The summed E-state index contributed by atoms with van der Waals surface area (Å²) in [5, 5.41) is 0. The molecule has 0 saturated heterocycles. The first-order valence-corrected chi connectivity index (χ1v) is 3.72. The van der Waals surface area contributed by atoms with Gasteiger partial charge in [0.2, 0.25) is 5.95 Å². The van der Waals surface area contributed by atoms with Gasteiger partial charge in [-0.05, 0) is 6.07 Å². The first kappa shape index (κ1) is 10.6. The van der Waals surface area contributed by atoms with Gasteiger partial charge in [0.25, 0.3) is 6.43 Å². The van der Waals surface area contributed by atoms with E-state index in [0.717, 1.165) is 6.07 Å². The molecule has 0 bridgehead atoms. The van der Waals surface area contributed by atoms with Crippen LogP contribution >= 0.6 is 0 Å². The summed E-state index contributed by atoms with van der Waals surface area (Å²) in [6.45, 7) is -0.296. The molecule has 0 atom stereocenters. The van der Waals surface area contributed by atoms with E-state index in [2.05, 4.69) is 4.98 Å². The van der Waals surface area contributed by atoms with Gasteiger partial charge in [-0.25, -0.2) is 13.8 Å². The van der Waals surface area contributed by atoms with Crippen molar-refractivity contribution in [3.05, 3.63) is 28.8 Å². The van der Waals surface area contributed by atoms with E-state index in [4.69, 9.17) is 5.73 Å². The Morgan fingerprint density at radius 2 is 2.21 bits per heavy atom. The Labute approximate surface area is 77.7 Å². The zero-order chi connectivity index (χ0) is 10.7. The number of nitrogens with zero attached hydrogens (tertiary/aromatic N) is 1. The number of carbonyl (C=O) groups is 1. The standard InChI is InChI=1S/C8H7F3N2O/c9-7(10)5-1-4(3-14)8(11)13-6(5)2-12/h1,3,7H,2,12H2. The molecule has 76 valence electrons. The summed E-state index contributed by atoms with van der Waals surface area (Å²) in [5.74, 6) is -1.08. The molecule has 6 heteroatoms. The summed E-state index contributed by atoms with van der Waals surface area (Å²) >= 11 is 0. The maximum absolute atomic E-state index is 12.8. The fourth-order valence-corrected chi connectivity index (χ4v) is 0.993. The lowest BCUT2D eigenvalue weighted by Crippen LogP contribution is -2.08. The number of nitrogens with two attached hydrogens (primary N) is 1. The van der Waals surface area contributed by atoms with Crippen molar-refractivity contribution in [3.8, 4) is 0 Å². The highest BCUT2D eigenvalue weighted by Crippen LogP contribution is 2.23. The van der Waals surface area contributed by atoms with Crippen molar-refractivity contribution in [1.29, 1.82) is 0 Å². The maximum Gasteiger partial charge on any atom is 0.265 e. The van der Waals surface area contributed by atoms with Crippen LogP contribution in [0.3, 0.4) is 0 Å². The molecule has 0 radical (unpaired) electrons. The molecule has 2 N–H and O–H groups in total. The van der Waals surface area contributed by atoms with Crippen LogP contribution in [0.25, 0.3) is 0 Å². The number of halogens is 3. The Morgan fingerprint density at radius 1 is 1.57 bits per heavy atom. The number of carbonyl (C=O) groups excluding carboxylic acids is 1. The zero-order valence-corrected chi connectivity index (χ0v) is 7.01. The van der Waals surface area contributed by atoms with Crippen molar-refractivity contribution in [2.45, 2.75) is 13.0 Å². The van der Waals surface area contributed by atoms with Crippen molar-refractivity contribution < 1.29 is 18.0 Å². The van der Waals surface area contributed by atoms with Crippen molar-refractivity contribution in [2.24, 2.45) is 5.73 Å². The van der Waals surface area contributed by atoms with Gasteiger partial charge < -0.3 is 5.73 Å². The lowest BCUT2D eigenvalue weighted by molar-refractivity contribution is 0.111. The Morgan fingerprint density at radius 3 is 2.64 bits per heavy atom. The molecule has 14 heavy (non-hydrogen) atoms. The summed E-state index contributed by atoms with van der Waals surface area (Å²) in [6, 6.07) is 0.766. The lowest BCUT2D eigenvalue weighted by atomic mass is 10.1. The van der Waals surface area contributed by atoms with Gasteiger partial charge in [0.15, 0.2) is 6.29 Å². The second-order valence-electron chi connectivity index (χ2n) is 2.53. The summed E-state index contributed by atoms with van der Waals surface area (Å²) < 4.78 is 37.5. The van der Waals surface area contributed by atoms with Gasteiger partial charge in [0, 0.05) is 12.1 Å². The number of alkyl halides is 2. The highest BCUT2D eigenvalue weighted by atomic mass is 19.3. The third-order valence-corrected chi connectivity index (χ3v) is 1.67. The van der Waals surface area contributed by atoms with Crippen molar-refractivity contribution >= 4 is 6.29 Å². The van der Waals surface area contributed by atoms with Gasteiger partial charge in [-0.3, -0.25) is 4.79 Å². The Balaban J connectivity index is 3.32. The van der Waals surface area contributed by atoms with E-state index >= 15 is 0 Å². The molecular weight excluding hydrogens is 197 g/mol. The zero-order valence-electron chi connectivity index (χ0n) is 7.01. The molecule has 0 aliphatic carbocycles. The largest absolute Gasteiger partial charge is 0.325 e. The third kappa shape index (κ3) is 1.90. The quantitative estimate of drug-likeness (QED) is 0.598. The molecule has 0 saturated carbocycles. The monoisotopic (exact) mass is 204 g/mol. The Kier molecular flexibility index (Phi) is 3.19. The number of hydrogen-bond acceptors (Lipinski definition) is 3. The predicted molar refractivity (Wildman–Crippen MR) is 42.4 cm³/mol. The fourth-order valence-electron chi connectivity index (χ4n) is 0.993. The van der Waals surface area contributed by atoms with Crippen LogP contribution in [0.1, 0.15) is 28.0 Å². The van der Waals surface area contributed by atoms with Gasteiger partial charge in [0.05, 0.1) is 11.3 Å². The maximum atomic E-state index is 12.8. The van der Waals surface area contributed by atoms with Crippen LogP contribution in [0, 0.1) is 5.95 Å². The smallest absolute Gasteiger partial charge is 0.265 e. The number of aromatic nitrogens is 1. The van der Waals surface area contributed by atoms with Crippen LogP contribution in [0.2, 0.25) is 0 Å². The molecule has 0 fully saturated rings. The van der Waals surface area contributed by atoms with Crippen molar-refractivity contribution in [1.82, 2.24) is 4.98 Å². The molecule has 1 aromatic heterocycles. The SMILES string of the molecule is NCc1nc(F)c(C=O)cc1C(F)F. The van der Waals surface area contributed by atoms with E-state index in [0.29, 0.717) is 0 Å². The number of hydrogen-bond donors (Lipinski definition) is 1. The molecule has 0 spiro atoms. The van der Waals surface area contributed by atoms with Gasteiger partial charge in [0.1, 0.15) is 0 Å². The summed E-state index contributed by atoms with van der Waals surface area (Å²) in [4.78, 5) is 13.4. The van der Waals surface area contributed by atoms with Crippen LogP contribution in [0.4, 0.5) is 13.2 Å². The molecule has 0 aliphatic heterocycles. The Hall–Kier alpha value is -1.43. The second-order valence-corrected chi connectivity index (χ2v) is 2.53. The van der Waals surface area contributed by atoms with Crippen LogP contribution in [0.15, 0.2) is 6.07 Å². The van der Waals surface area contributed by atoms with E-state index in [9.17, 15) is 18.0 Å². The van der Waals surface area contributed by atoms with Crippen LogP contribution in [0.5, 0.6) is 0 Å².